The van der Waals surface area contributed by atoms with Crippen LogP contribution < -0.4 is 11.1 Å². The number of rotatable bonds is 6. The molecule has 1 unspecified atom stereocenters. The van der Waals surface area contributed by atoms with Crippen LogP contribution in [0, 0.1) is 5.92 Å². The summed E-state index contributed by atoms with van der Waals surface area (Å²) in [6, 6.07) is 5.98. The number of sulfone groups is 1. The summed E-state index contributed by atoms with van der Waals surface area (Å²) in [5.41, 5.74) is 5.94. The Labute approximate surface area is 120 Å². The van der Waals surface area contributed by atoms with E-state index in [2.05, 4.69) is 5.32 Å². The SMILES string of the molecule is CC(C)CCNC(=O)C(C)S(=O)(=O)c1cccc(N)c1. The first kappa shape index (κ1) is 16.5. The number of hydrogen-bond donors (Lipinski definition) is 2. The number of anilines is 1. The molecular weight excluding hydrogens is 276 g/mol. The number of nitrogens with two attached hydrogens (primary N) is 1. The lowest BCUT2D eigenvalue weighted by molar-refractivity contribution is -0.120. The van der Waals surface area contributed by atoms with Gasteiger partial charge in [0.05, 0.1) is 4.90 Å². The molecule has 1 atom stereocenters. The number of hydrogen-bond acceptors (Lipinski definition) is 4. The van der Waals surface area contributed by atoms with Gasteiger partial charge in [-0.3, -0.25) is 4.79 Å². The molecule has 0 spiro atoms. The summed E-state index contributed by atoms with van der Waals surface area (Å²) < 4.78 is 24.6. The lowest BCUT2D eigenvalue weighted by atomic mass is 10.1. The fourth-order valence-electron chi connectivity index (χ4n) is 1.66. The first-order chi connectivity index (χ1) is 9.25. The minimum Gasteiger partial charge on any atom is -0.399 e. The Hall–Kier alpha value is -1.56. The van der Waals surface area contributed by atoms with Gasteiger partial charge in [0.2, 0.25) is 5.91 Å². The van der Waals surface area contributed by atoms with E-state index in [4.69, 9.17) is 5.73 Å². The Kier molecular flexibility index (Phi) is 5.56. The molecule has 0 aromatic heterocycles. The van der Waals surface area contributed by atoms with E-state index in [1.807, 2.05) is 13.8 Å². The van der Waals surface area contributed by atoms with E-state index in [0.29, 0.717) is 18.2 Å². The van der Waals surface area contributed by atoms with Gasteiger partial charge in [0, 0.05) is 12.2 Å². The van der Waals surface area contributed by atoms with Gasteiger partial charge in [-0.2, -0.15) is 0 Å². The maximum Gasteiger partial charge on any atom is 0.238 e. The molecule has 1 aromatic carbocycles. The molecule has 1 rings (SSSR count). The molecule has 0 radical (unpaired) electrons. The molecule has 0 heterocycles. The van der Waals surface area contributed by atoms with Crippen molar-refractivity contribution in [1.82, 2.24) is 5.32 Å². The molecule has 0 saturated carbocycles. The van der Waals surface area contributed by atoms with Crippen LogP contribution in [0.1, 0.15) is 27.2 Å². The van der Waals surface area contributed by atoms with Gasteiger partial charge in [0.1, 0.15) is 5.25 Å². The highest BCUT2D eigenvalue weighted by molar-refractivity contribution is 7.92. The Morgan fingerprint density at radius 3 is 2.50 bits per heavy atom. The Morgan fingerprint density at radius 1 is 1.30 bits per heavy atom. The fraction of sp³-hybridized carbons (Fsp3) is 0.500. The maximum absolute atomic E-state index is 12.3. The highest BCUT2D eigenvalue weighted by atomic mass is 32.2. The largest absolute Gasteiger partial charge is 0.399 e. The molecule has 6 heteroatoms. The van der Waals surface area contributed by atoms with Gasteiger partial charge in [0.15, 0.2) is 9.84 Å². The smallest absolute Gasteiger partial charge is 0.238 e. The average Bonchev–Trinajstić information content (AvgIpc) is 2.37. The van der Waals surface area contributed by atoms with Crippen LogP contribution >= 0.6 is 0 Å². The number of benzene rings is 1. The van der Waals surface area contributed by atoms with Gasteiger partial charge in [-0.05, 0) is 37.5 Å². The zero-order valence-electron chi connectivity index (χ0n) is 12.1. The van der Waals surface area contributed by atoms with E-state index in [9.17, 15) is 13.2 Å². The van der Waals surface area contributed by atoms with Crippen molar-refractivity contribution in [2.75, 3.05) is 12.3 Å². The van der Waals surface area contributed by atoms with E-state index < -0.39 is 21.0 Å². The van der Waals surface area contributed by atoms with Crippen LogP contribution in [-0.2, 0) is 14.6 Å². The molecule has 0 aliphatic carbocycles. The third kappa shape index (κ3) is 4.23. The third-order valence-corrected chi connectivity index (χ3v) is 5.10. The monoisotopic (exact) mass is 298 g/mol. The van der Waals surface area contributed by atoms with Crippen LogP contribution in [0.15, 0.2) is 29.2 Å². The number of nitrogen functional groups attached to an aromatic ring is 1. The van der Waals surface area contributed by atoms with E-state index in [1.165, 1.54) is 19.1 Å². The van der Waals surface area contributed by atoms with Crippen molar-refractivity contribution in [1.29, 1.82) is 0 Å². The van der Waals surface area contributed by atoms with Gasteiger partial charge in [-0.25, -0.2) is 8.42 Å². The van der Waals surface area contributed by atoms with Crippen LogP contribution in [0.4, 0.5) is 5.69 Å². The quantitative estimate of drug-likeness (QED) is 0.781. The van der Waals surface area contributed by atoms with Crippen molar-refractivity contribution in [3.05, 3.63) is 24.3 Å². The topological polar surface area (TPSA) is 89.3 Å². The normalized spacial score (nSPS) is 13.2. The van der Waals surface area contributed by atoms with Gasteiger partial charge < -0.3 is 11.1 Å². The Balaban J connectivity index is 2.79. The third-order valence-electron chi connectivity index (χ3n) is 3.04. The molecule has 0 fully saturated rings. The first-order valence-electron chi connectivity index (χ1n) is 6.62. The van der Waals surface area contributed by atoms with Crippen molar-refractivity contribution in [2.45, 2.75) is 37.3 Å². The molecule has 1 amide bonds. The first-order valence-corrected chi connectivity index (χ1v) is 8.17. The summed E-state index contributed by atoms with van der Waals surface area (Å²) in [6.45, 7) is 5.95. The zero-order valence-corrected chi connectivity index (χ0v) is 12.9. The van der Waals surface area contributed by atoms with Crippen LogP contribution in [0.25, 0.3) is 0 Å². The summed E-state index contributed by atoms with van der Waals surface area (Å²) in [7, 11) is -3.70. The maximum atomic E-state index is 12.3. The van der Waals surface area contributed by atoms with Gasteiger partial charge in [-0.15, -0.1) is 0 Å². The molecule has 1 aromatic rings. The Bertz CT molecular complexity index is 568. The van der Waals surface area contributed by atoms with Gasteiger partial charge in [0.25, 0.3) is 0 Å². The molecule has 5 nitrogen and oxygen atoms in total. The van der Waals surface area contributed by atoms with Crippen LogP contribution in [0.3, 0.4) is 0 Å². The van der Waals surface area contributed by atoms with Crippen molar-refractivity contribution in [3.8, 4) is 0 Å². The fourth-order valence-corrected chi connectivity index (χ4v) is 3.01. The van der Waals surface area contributed by atoms with Gasteiger partial charge in [-0.1, -0.05) is 19.9 Å². The van der Waals surface area contributed by atoms with Crippen molar-refractivity contribution >= 4 is 21.4 Å². The number of nitrogens with one attached hydrogen (secondary N) is 1. The molecule has 3 N–H and O–H groups in total. The van der Waals surface area contributed by atoms with E-state index in [-0.39, 0.29) is 4.90 Å². The van der Waals surface area contributed by atoms with Crippen molar-refractivity contribution in [2.24, 2.45) is 5.92 Å². The zero-order chi connectivity index (χ0) is 15.3. The molecule has 0 aliphatic rings. The number of carbonyl (C=O) groups excluding carboxylic acids is 1. The second-order valence-corrected chi connectivity index (χ2v) is 7.50. The molecule has 112 valence electrons. The minimum absolute atomic E-state index is 0.0732. The summed E-state index contributed by atoms with van der Waals surface area (Å²) in [4.78, 5) is 12.0. The highest BCUT2D eigenvalue weighted by Crippen LogP contribution is 2.18. The summed E-state index contributed by atoms with van der Waals surface area (Å²) in [5.74, 6) is -0.0239. The highest BCUT2D eigenvalue weighted by Gasteiger charge is 2.29. The molecular formula is C14H22N2O3S. The standard InChI is InChI=1S/C14H22N2O3S/c1-10(2)7-8-16-14(17)11(3)20(18,19)13-6-4-5-12(15)9-13/h4-6,9-11H,7-8,15H2,1-3H3,(H,16,17). The predicted molar refractivity (Wildman–Crippen MR) is 80.0 cm³/mol. The lowest BCUT2D eigenvalue weighted by Gasteiger charge is -2.14. The predicted octanol–water partition coefficient (Wildman–Crippen LogP) is 1.59. The minimum atomic E-state index is -3.70. The number of carbonyl (C=O) groups is 1. The lowest BCUT2D eigenvalue weighted by Crippen LogP contribution is -2.38. The molecule has 0 aliphatic heterocycles. The van der Waals surface area contributed by atoms with Crippen LogP contribution in [0.2, 0.25) is 0 Å². The van der Waals surface area contributed by atoms with Crippen LogP contribution in [0.5, 0.6) is 0 Å². The summed E-state index contributed by atoms with van der Waals surface area (Å²) in [6.07, 6.45) is 0.816. The van der Waals surface area contributed by atoms with Crippen molar-refractivity contribution in [3.63, 3.8) is 0 Å². The molecule has 20 heavy (non-hydrogen) atoms. The second kappa shape index (κ2) is 6.74. The summed E-state index contributed by atoms with van der Waals surface area (Å²) >= 11 is 0. The molecule has 0 saturated heterocycles. The van der Waals surface area contributed by atoms with E-state index >= 15 is 0 Å². The van der Waals surface area contributed by atoms with Gasteiger partial charge >= 0.3 is 0 Å². The average molecular weight is 298 g/mol. The second-order valence-electron chi connectivity index (χ2n) is 5.23. The molecule has 0 bridgehead atoms. The number of amides is 1. The summed E-state index contributed by atoms with van der Waals surface area (Å²) in [5, 5.41) is 1.53. The Morgan fingerprint density at radius 2 is 1.95 bits per heavy atom. The van der Waals surface area contributed by atoms with E-state index in [1.54, 1.807) is 12.1 Å². The van der Waals surface area contributed by atoms with Crippen LogP contribution in [-0.4, -0.2) is 26.1 Å². The van der Waals surface area contributed by atoms with Crippen molar-refractivity contribution < 1.29 is 13.2 Å². The van der Waals surface area contributed by atoms with E-state index in [0.717, 1.165) is 6.42 Å².